The molecule has 0 spiro atoms. The molecule has 2 heterocycles. The van der Waals surface area contributed by atoms with Gasteiger partial charge in [0.1, 0.15) is 34.8 Å². The van der Waals surface area contributed by atoms with Crippen LogP contribution in [0.3, 0.4) is 0 Å². The smallest absolute Gasteiger partial charge is 0.267 e. The molecule has 5 N–H and O–H groups in total. The van der Waals surface area contributed by atoms with Gasteiger partial charge in [0.2, 0.25) is 5.95 Å². The second-order valence-electron chi connectivity index (χ2n) is 7.26. The van der Waals surface area contributed by atoms with Gasteiger partial charge < -0.3 is 21.5 Å². The van der Waals surface area contributed by atoms with Crippen LogP contribution in [0.2, 0.25) is 5.02 Å². The second-order valence-corrected chi connectivity index (χ2v) is 7.67. The first-order chi connectivity index (χ1) is 16.2. The molecule has 12 heteroatoms. The molecule has 4 rings (SSSR count). The van der Waals surface area contributed by atoms with Crippen molar-refractivity contribution in [2.45, 2.75) is 13.0 Å². The molecular weight excluding hydrogens is 463 g/mol. The van der Waals surface area contributed by atoms with Crippen molar-refractivity contribution < 1.29 is 9.13 Å². The van der Waals surface area contributed by atoms with Gasteiger partial charge in [-0.2, -0.15) is 15.2 Å². The topological polar surface area (TPSA) is 158 Å². The molecule has 0 aliphatic carbocycles. The van der Waals surface area contributed by atoms with E-state index in [1.807, 2.05) is 6.07 Å². The van der Waals surface area contributed by atoms with Crippen molar-refractivity contribution in [1.82, 2.24) is 19.5 Å². The summed E-state index contributed by atoms with van der Waals surface area (Å²) in [6, 6.07) is 9.91. The molecule has 0 aliphatic rings. The third-order valence-corrected chi connectivity index (χ3v) is 5.34. The van der Waals surface area contributed by atoms with E-state index in [1.165, 1.54) is 29.9 Å². The number of nitrogens with one attached hydrogen (secondary N) is 1. The maximum atomic E-state index is 14.4. The normalized spacial score (nSPS) is 11.7. The van der Waals surface area contributed by atoms with Gasteiger partial charge in [-0.15, -0.1) is 0 Å². The van der Waals surface area contributed by atoms with Crippen LogP contribution in [0.15, 0.2) is 41.2 Å². The van der Waals surface area contributed by atoms with E-state index in [9.17, 15) is 14.4 Å². The highest BCUT2D eigenvalue weighted by molar-refractivity contribution is 6.35. The minimum absolute atomic E-state index is 0.0220. The quantitative estimate of drug-likeness (QED) is 0.390. The minimum atomic E-state index is -0.730. The van der Waals surface area contributed by atoms with Gasteiger partial charge in [-0.25, -0.2) is 9.37 Å². The molecule has 0 fully saturated rings. The fourth-order valence-corrected chi connectivity index (χ4v) is 3.77. The Balaban J connectivity index is 1.98. The number of halogens is 2. The fraction of sp³-hybridized carbons (Fsp3) is 0.136. The lowest BCUT2D eigenvalue weighted by molar-refractivity contribution is 0.411. The predicted octanol–water partition coefficient (Wildman–Crippen LogP) is 3.19. The number of methoxy groups -OCH3 is 1. The number of nitrogens with two attached hydrogens (primary N) is 2. The molecule has 0 bridgehead atoms. The molecule has 2 aromatic carbocycles. The van der Waals surface area contributed by atoms with Crippen LogP contribution in [0.4, 0.5) is 22.0 Å². The number of nitrogens with zero attached hydrogens (tertiary/aromatic N) is 5. The number of ether oxygens (including phenoxy) is 1. The minimum Gasteiger partial charge on any atom is -0.497 e. The highest BCUT2D eigenvalue weighted by Gasteiger charge is 2.22. The molecule has 1 atom stereocenters. The SMILES string of the molecule is COc1cc(F)cc(-n2c([C@H](C)Nc3nc(N)nc(N)c3C#N)nc3cccc(Cl)c3c2=O)c1. The number of nitriles is 1. The third kappa shape index (κ3) is 4.02. The van der Waals surface area contributed by atoms with Gasteiger partial charge >= 0.3 is 0 Å². The van der Waals surface area contributed by atoms with E-state index < -0.39 is 17.4 Å². The Morgan fingerprint density at radius 2 is 2.00 bits per heavy atom. The van der Waals surface area contributed by atoms with Crippen LogP contribution < -0.4 is 27.1 Å². The summed E-state index contributed by atoms with van der Waals surface area (Å²) in [7, 11) is 1.38. The molecule has 4 aromatic rings. The zero-order valence-electron chi connectivity index (χ0n) is 18.0. The highest BCUT2D eigenvalue weighted by Crippen LogP contribution is 2.28. The van der Waals surface area contributed by atoms with Crippen LogP contribution in [-0.2, 0) is 0 Å². The van der Waals surface area contributed by atoms with E-state index in [-0.39, 0.29) is 50.8 Å². The zero-order chi connectivity index (χ0) is 24.6. The summed E-state index contributed by atoms with van der Waals surface area (Å²) in [5, 5.41) is 12.8. The van der Waals surface area contributed by atoms with Crippen LogP contribution in [-0.4, -0.2) is 26.6 Å². The Morgan fingerprint density at radius 3 is 2.71 bits per heavy atom. The Labute approximate surface area is 197 Å². The lowest BCUT2D eigenvalue weighted by atomic mass is 10.2. The average Bonchev–Trinajstić information content (AvgIpc) is 2.78. The van der Waals surface area contributed by atoms with Crippen LogP contribution in [0, 0.1) is 17.1 Å². The molecule has 172 valence electrons. The van der Waals surface area contributed by atoms with E-state index in [0.29, 0.717) is 5.52 Å². The first-order valence-electron chi connectivity index (χ1n) is 9.89. The zero-order valence-corrected chi connectivity index (χ0v) is 18.8. The molecule has 0 unspecified atom stereocenters. The lowest BCUT2D eigenvalue weighted by Gasteiger charge is -2.21. The number of anilines is 3. The first-order valence-corrected chi connectivity index (χ1v) is 10.3. The van der Waals surface area contributed by atoms with Crippen molar-refractivity contribution in [1.29, 1.82) is 5.26 Å². The number of hydrogen-bond acceptors (Lipinski definition) is 9. The summed E-state index contributed by atoms with van der Waals surface area (Å²) < 4.78 is 20.7. The molecule has 2 aromatic heterocycles. The Kier molecular flexibility index (Phi) is 5.91. The maximum absolute atomic E-state index is 14.4. The molecule has 34 heavy (non-hydrogen) atoms. The summed E-state index contributed by atoms with van der Waals surface area (Å²) in [5.74, 6) is -0.409. The summed E-state index contributed by atoms with van der Waals surface area (Å²) in [6.45, 7) is 1.68. The number of rotatable bonds is 5. The van der Waals surface area contributed by atoms with Crippen LogP contribution >= 0.6 is 11.6 Å². The van der Waals surface area contributed by atoms with Crippen molar-refractivity contribution in [3.8, 4) is 17.5 Å². The van der Waals surface area contributed by atoms with Crippen molar-refractivity contribution in [2.75, 3.05) is 23.9 Å². The number of hydrogen-bond donors (Lipinski definition) is 3. The van der Waals surface area contributed by atoms with Crippen molar-refractivity contribution in [3.05, 3.63) is 69.0 Å². The number of nitrogen functional groups attached to an aromatic ring is 2. The fourth-order valence-electron chi connectivity index (χ4n) is 3.52. The maximum Gasteiger partial charge on any atom is 0.267 e. The van der Waals surface area contributed by atoms with E-state index in [0.717, 1.165) is 0 Å². The molecule has 10 nitrogen and oxygen atoms in total. The van der Waals surface area contributed by atoms with Gasteiger partial charge in [0.25, 0.3) is 5.56 Å². The molecule has 0 saturated carbocycles. The summed E-state index contributed by atoms with van der Waals surface area (Å²) in [6.07, 6.45) is 0. The molecule has 0 aliphatic heterocycles. The number of benzene rings is 2. The van der Waals surface area contributed by atoms with Gasteiger partial charge in [-0.1, -0.05) is 17.7 Å². The largest absolute Gasteiger partial charge is 0.497 e. The monoisotopic (exact) mass is 480 g/mol. The number of aromatic nitrogens is 4. The van der Waals surface area contributed by atoms with Gasteiger partial charge in [0.05, 0.1) is 34.8 Å². The van der Waals surface area contributed by atoms with Crippen LogP contribution in [0.5, 0.6) is 5.75 Å². The Bertz CT molecular complexity index is 1530. The Morgan fingerprint density at radius 1 is 1.24 bits per heavy atom. The Hall–Kier alpha value is -4.43. The van der Waals surface area contributed by atoms with Crippen molar-refractivity contribution >= 4 is 40.1 Å². The van der Waals surface area contributed by atoms with Gasteiger partial charge in [0, 0.05) is 12.1 Å². The summed E-state index contributed by atoms with van der Waals surface area (Å²) in [4.78, 5) is 26.1. The van der Waals surface area contributed by atoms with E-state index in [2.05, 4.69) is 20.3 Å². The molecule has 0 radical (unpaired) electrons. The molecular formula is C22H18ClFN8O2. The van der Waals surface area contributed by atoms with Gasteiger partial charge in [-0.05, 0) is 25.1 Å². The van der Waals surface area contributed by atoms with E-state index in [4.69, 9.17) is 27.8 Å². The molecule has 0 amide bonds. The standard InChI is InChI=1S/C22H18ClFN8O2/c1-10(28-19-14(9-25)18(26)30-22(27)31-19)20-29-16-5-3-4-15(23)17(16)21(33)32(20)12-6-11(24)7-13(8-12)34-2/h3-8,10H,1-2H3,(H5,26,27,28,30,31)/t10-/m0/s1. The van der Waals surface area contributed by atoms with Crippen molar-refractivity contribution in [2.24, 2.45) is 0 Å². The van der Waals surface area contributed by atoms with E-state index in [1.54, 1.807) is 25.1 Å². The van der Waals surface area contributed by atoms with Crippen LogP contribution in [0.25, 0.3) is 16.6 Å². The van der Waals surface area contributed by atoms with E-state index >= 15 is 0 Å². The van der Waals surface area contributed by atoms with Crippen molar-refractivity contribution in [3.63, 3.8) is 0 Å². The predicted molar refractivity (Wildman–Crippen MR) is 126 cm³/mol. The van der Waals surface area contributed by atoms with Gasteiger partial charge in [-0.3, -0.25) is 9.36 Å². The third-order valence-electron chi connectivity index (χ3n) is 5.03. The average molecular weight is 481 g/mol. The lowest BCUT2D eigenvalue weighted by Crippen LogP contribution is -2.28. The second kappa shape index (κ2) is 8.84. The highest BCUT2D eigenvalue weighted by atomic mass is 35.5. The summed E-state index contributed by atoms with van der Waals surface area (Å²) in [5.41, 5.74) is 11.4. The van der Waals surface area contributed by atoms with Crippen LogP contribution in [0.1, 0.15) is 24.4 Å². The summed E-state index contributed by atoms with van der Waals surface area (Å²) >= 11 is 6.30. The first kappa shape index (κ1) is 22.8. The van der Waals surface area contributed by atoms with Gasteiger partial charge in [0.15, 0.2) is 5.82 Å². The number of fused-ring (bicyclic) bond motifs is 1. The molecule has 0 saturated heterocycles.